The van der Waals surface area contributed by atoms with E-state index in [1.165, 1.54) is 57.8 Å². The Morgan fingerprint density at radius 3 is 1.85 bits per heavy atom. The number of hydrogen-bond donors (Lipinski definition) is 1. The Labute approximate surface area is 127 Å². The van der Waals surface area contributed by atoms with Crippen molar-refractivity contribution in [2.24, 2.45) is 16.7 Å². The van der Waals surface area contributed by atoms with Crippen LogP contribution >= 0.6 is 0 Å². The summed E-state index contributed by atoms with van der Waals surface area (Å²) in [6, 6.07) is 1.44. The lowest BCUT2D eigenvalue weighted by Gasteiger charge is -2.46. The van der Waals surface area contributed by atoms with Gasteiger partial charge in [0.15, 0.2) is 0 Å². The van der Waals surface area contributed by atoms with Gasteiger partial charge < -0.3 is 5.32 Å². The first-order valence-corrected chi connectivity index (χ1v) is 9.04. The molecule has 118 valence electrons. The van der Waals surface area contributed by atoms with Crippen LogP contribution in [0.1, 0.15) is 92.4 Å². The van der Waals surface area contributed by atoms with Gasteiger partial charge in [-0.3, -0.25) is 0 Å². The van der Waals surface area contributed by atoms with Crippen molar-refractivity contribution in [3.8, 4) is 0 Å². The second-order valence-electron chi connectivity index (χ2n) is 9.32. The van der Waals surface area contributed by atoms with E-state index in [1.54, 1.807) is 0 Å². The first-order valence-electron chi connectivity index (χ1n) is 9.04. The lowest BCUT2D eigenvalue weighted by Crippen LogP contribution is -2.48. The molecule has 20 heavy (non-hydrogen) atoms. The molecule has 2 aliphatic rings. The van der Waals surface area contributed by atoms with Crippen LogP contribution in [-0.2, 0) is 0 Å². The van der Waals surface area contributed by atoms with Gasteiger partial charge in [-0.05, 0) is 55.8 Å². The van der Waals surface area contributed by atoms with Gasteiger partial charge in [-0.1, -0.05) is 53.4 Å². The predicted octanol–water partition coefficient (Wildman–Crippen LogP) is 5.54. The van der Waals surface area contributed by atoms with E-state index in [2.05, 4.69) is 39.9 Å². The number of nitrogens with one attached hydrogen (secondary N) is 1. The Balaban J connectivity index is 1.91. The first kappa shape index (κ1) is 16.3. The van der Waals surface area contributed by atoms with Crippen molar-refractivity contribution in [1.29, 1.82) is 0 Å². The predicted molar refractivity (Wildman–Crippen MR) is 89.0 cm³/mol. The number of hydrogen-bond acceptors (Lipinski definition) is 1. The quantitative estimate of drug-likeness (QED) is 0.669. The molecule has 0 aliphatic heterocycles. The van der Waals surface area contributed by atoms with Crippen molar-refractivity contribution < 1.29 is 0 Å². The van der Waals surface area contributed by atoms with E-state index < -0.39 is 0 Å². The van der Waals surface area contributed by atoms with Crippen LogP contribution in [0.3, 0.4) is 0 Å². The van der Waals surface area contributed by atoms with Gasteiger partial charge in [0.1, 0.15) is 0 Å². The van der Waals surface area contributed by atoms with Crippen LogP contribution in [0.25, 0.3) is 0 Å². The highest BCUT2D eigenvalue weighted by atomic mass is 15.0. The summed E-state index contributed by atoms with van der Waals surface area (Å²) < 4.78 is 0. The standard InChI is InChI=1S/C19H37N/c1-15(16-10-8-6-7-9-11-16)20-17-12-18(2,3)14-19(4,5)13-17/h15-17,20H,6-14H2,1-5H3/t15-/m0/s1. The average molecular weight is 280 g/mol. The molecule has 0 radical (unpaired) electrons. The van der Waals surface area contributed by atoms with Gasteiger partial charge in [0.05, 0.1) is 0 Å². The van der Waals surface area contributed by atoms with Crippen LogP contribution < -0.4 is 5.32 Å². The van der Waals surface area contributed by atoms with Crippen molar-refractivity contribution in [2.75, 3.05) is 0 Å². The molecule has 0 heterocycles. The topological polar surface area (TPSA) is 12.0 Å². The highest BCUT2D eigenvalue weighted by Gasteiger charge is 2.39. The van der Waals surface area contributed by atoms with Crippen LogP contribution in [0.2, 0.25) is 0 Å². The van der Waals surface area contributed by atoms with Gasteiger partial charge in [-0.2, -0.15) is 0 Å². The Morgan fingerprint density at radius 2 is 1.35 bits per heavy atom. The molecule has 0 unspecified atom stereocenters. The van der Waals surface area contributed by atoms with Crippen molar-refractivity contribution >= 4 is 0 Å². The third-order valence-electron chi connectivity index (χ3n) is 5.66. The summed E-state index contributed by atoms with van der Waals surface area (Å²) in [6.07, 6.45) is 12.8. The zero-order chi connectivity index (χ0) is 14.8. The van der Waals surface area contributed by atoms with E-state index in [9.17, 15) is 0 Å². The minimum Gasteiger partial charge on any atom is -0.311 e. The van der Waals surface area contributed by atoms with Gasteiger partial charge in [0, 0.05) is 12.1 Å². The molecule has 0 saturated heterocycles. The van der Waals surface area contributed by atoms with Crippen molar-refractivity contribution in [3.05, 3.63) is 0 Å². The van der Waals surface area contributed by atoms with Crippen molar-refractivity contribution in [2.45, 2.75) is 104 Å². The Morgan fingerprint density at radius 1 is 0.850 bits per heavy atom. The maximum absolute atomic E-state index is 4.03. The van der Waals surface area contributed by atoms with E-state index in [0.717, 1.165) is 12.0 Å². The first-order chi connectivity index (χ1) is 9.27. The Kier molecular flexibility index (Phi) is 5.21. The molecule has 0 aromatic carbocycles. The normalized spacial score (nSPS) is 29.9. The summed E-state index contributed by atoms with van der Waals surface area (Å²) in [5.41, 5.74) is 1.01. The molecule has 0 aromatic heterocycles. The molecule has 0 aromatic rings. The fraction of sp³-hybridized carbons (Fsp3) is 1.00. The van der Waals surface area contributed by atoms with E-state index in [1.807, 2.05) is 0 Å². The SMILES string of the molecule is C[C@H](NC1CC(C)(C)CC(C)(C)C1)C1CCCCCC1. The third-order valence-corrected chi connectivity index (χ3v) is 5.66. The van der Waals surface area contributed by atoms with Gasteiger partial charge in [-0.25, -0.2) is 0 Å². The molecule has 1 N–H and O–H groups in total. The largest absolute Gasteiger partial charge is 0.311 e. The minimum absolute atomic E-state index is 0.503. The molecular formula is C19H37N. The molecule has 1 atom stereocenters. The molecule has 2 aliphatic carbocycles. The van der Waals surface area contributed by atoms with E-state index in [4.69, 9.17) is 0 Å². The molecule has 0 spiro atoms. The van der Waals surface area contributed by atoms with Gasteiger partial charge in [0.25, 0.3) is 0 Å². The van der Waals surface area contributed by atoms with Crippen LogP contribution in [-0.4, -0.2) is 12.1 Å². The Bertz CT molecular complexity index is 281. The van der Waals surface area contributed by atoms with Crippen LogP contribution in [0.5, 0.6) is 0 Å². The zero-order valence-electron chi connectivity index (χ0n) is 14.6. The van der Waals surface area contributed by atoms with Gasteiger partial charge >= 0.3 is 0 Å². The van der Waals surface area contributed by atoms with E-state index in [0.29, 0.717) is 16.9 Å². The zero-order valence-corrected chi connectivity index (χ0v) is 14.6. The molecule has 2 fully saturated rings. The highest BCUT2D eigenvalue weighted by molar-refractivity contribution is 4.93. The average Bonchev–Trinajstić information content (AvgIpc) is 2.52. The van der Waals surface area contributed by atoms with Crippen LogP contribution in [0, 0.1) is 16.7 Å². The fourth-order valence-electron chi connectivity index (χ4n) is 5.28. The molecule has 2 rings (SSSR count). The molecule has 1 heteroatoms. The Hall–Kier alpha value is -0.0400. The maximum atomic E-state index is 4.03. The smallest absolute Gasteiger partial charge is 0.00798 e. The lowest BCUT2D eigenvalue weighted by molar-refractivity contribution is 0.0766. The third kappa shape index (κ3) is 4.76. The molecule has 1 nitrogen and oxygen atoms in total. The molecule has 2 saturated carbocycles. The fourth-order valence-corrected chi connectivity index (χ4v) is 5.28. The molecule has 0 amide bonds. The minimum atomic E-state index is 0.503. The monoisotopic (exact) mass is 279 g/mol. The summed E-state index contributed by atoms with van der Waals surface area (Å²) in [6.45, 7) is 12.3. The van der Waals surface area contributed by atoms with Gasteiger partial charge in [0.2, 0.25) is 0 Å². The van der Waals surface area contributed by atoms with Crippen molar-refractivity contribution in [3.63, 3.8) is 0 Å². The second-order valence-corrected chi connectivity index (χ2v) is 9.32. The highest BCUT2D eigenvalue weighted by Crippen LogP contribution is 2.46. The van der Waals surface area contributed by atoms with E-state index >= 15 is 0 Å². The lowest BCUT2D eigenvalue weighted by atomic mass is 9.63. The number of rotatable bonds is 3. The summed E-state index contributed by atoms with van der Waals surface area (Å²) >= 11 is 0. The van der Waals surface area contributed by atoms with Crippen LogP contribution in [0.15, 0.2) is 0 Å². The maximum Gasteiger partial charge on any atom is 0.00798 e. The summed E-state index contributed by atoms with van der Waals surface area (Å²) in [5, 5.41) is 4.03. The van der Waals surface area contributed by atoms with Gasteiger partial charge in [-0.15, -0.1) is 0 Å². The summed E-state index contributed by atoms with van der Waals surface area (Å²) in [7, 11) is 0. The van der Waals surface area contributed by atoms with Crippen LogP contribution in [0.4, 0.5) is 0 Å². The van der Waals surface area contributed by atoms with Crippen molar-refractivity contribution in [1.82, 2.24) is 5.32 Å². The molecular weight excluding hydrogens is 242 g/mol. The summed E-state index contributed by atoms with van der Waals surface area (Å²) in [5.74, 6) is 0.922. The van der Waals surface area contributed by atoms with E-state index in [-0.39, 0.29) is 0 Å². The summed E-state index contributed by atoms with van der Waals surface area (Å²) in [4.78, 5) is 0. The second kappa shape index (κ2) is 6.38. The molecule has 0 bridgehead atoms.